The predicted octanol–water partition coefficient (Wildman–Crippen LogP) is 1.34. The minimum absolute atomic E-state index is 0.140. The second kappa shape index (κ2) is 6.15. The molecule has 0 radical (unpaired) electrons. The summed E-state index contributed by atoms with van der Waals surface area (Å²) < 4.78 is 13.7. The van der Waals surface area contributed by atoms with Crippen LogP contribution in [-0.4, -0.2) is 35.7 Å². The first-order valence-corrected chi connectivity index (χ1v) is 7.55. The van der Waals surface area contributed by atoms with Gasteiger partial charge in [0.1, 0.15) is 5.82 Å². The number of likely N-dealkylation sites (tertiary alicyclic amines) is 1. The molecule has 0 aromatic heterocycles. The second-order valence-electron chi connectivity index (χ2n) is 6.08. The Morgan fingerprint density at radius 1 is 1.33 bits per heavy atom. The lowest BCUT2D eigenvalue weighted by Gasteiger charge is -2.18. The molecule has 1 aliphatic carbocycles. The first-order chi connectivity index (χ1) is 10.2. The van der Waals surface area contributed by atoms with Crippen LogP contribution in [0.15, 0.2) is 18.2 Å². The van der Waals surface area contributed by atoms with Gasteiger partial charge in [-0.05, 0) is 36.5 Å². The van der Waals surface area contributed by atoms with Gasteiger partial charge in [-0.1, -0.05) is 17.9 Å². The standard InChI is InChI=1S/C17H21FN2O/c18-16-5-3-12(8-13(16)2-1-7-19)9-20-10-14-4-6-17(21)15(14)11-20/h3,5,8,14-15,17,21H,4,6-7,9-11,19H2. The molecule has 4 heteroatoms. The van der Waals surface area contributed by atoms with Crippen molar-refractivity contribution in [3.63, 3.8) is 0 Å². The SMILES string of the molecule is NCC#Cc1cc(CN2CC3CCC(O)C3C2)ccc1F. The fraction of sp³-hybridized carbons (Fsp3) is 0.529. The number of aliphatic hydroxyl groups excluding tert-OH is 1. The quantitative estimate of drug-likeness (QED) is 0.808. The van der Waals surface area contributed by atoms with E-state index in [1.54, 1.807) is 0 Å². The Labute approximate surface area is 124 Å². The zero-order valence-electron chi connectivity index (χ0n) is 12.1. The molecule has 0 amide bonds. The van der Waals surface area contributed by atoms with Gasteiger partial charge in [0.05, 0.1) is 18.2 Å². The molecule has 3 unspecified atom stereocenters. The van der Waals surface area contributed by atoms with Gasteiger partial charge in [-0.2, -0.15) is 0 Å². The van der Waals surface area contributed by atoms with Crippen LogP contribution < -0.4 is 5.73 Å². The van der Waals surface area contributed by atoms with Crippen LogP contribution in [0, 0.1) is 29.5 Å². The third-order valence-electron chi connectivity index (χ3n) is 4.66. The molecular weight excluding hydrogens is 267 g/mol. The van der Waals surface area contributed by atoms with Gasteiger partial charge in [0, 0.05) is 25.6 Å². The molecule has 3 rings (SSSR count). The van der Waals surface area contributed by atoms with Crippen molar-refractivity contribution in [2.24, 2.45) is 17.6 Å². The summed E-state index contributed by atoms with van der Waals surface area (Å²) in [6.07, 6.45) is 1.93. The van der Waals surface area contributed by atoms with Crippen molar-refractivity contribution >= 4 is 0 Å². The fourth-order valence-corrected chi connectivity index (χ4v) is 3.63. The first kappa shape index (κ1) is 14.5. The summed E-state index contributed by atoms with van der Waals surface area (Å²) in [5, 5.41) is 9.95. The molecule has 1 heterocycles. The summed E-state index contributed by atoms with van der Waals surface area (Å²) in [5.74, 6) is 6.21. The molecule has 1 aromatic carbocycles. The maximum atomic E-state index is 13.7. The van der Waals surface area contributed by atoms with E-state index in [1.165, 1.54) is 6.07 Å². The van der Waals surface area contributed by atoms with E-state index in [-0.39, 0.29) is 18.5 Å². The number of benzene rings is 1. The largest absolute Gasteiger partial charge is 0.393 e. The first-order valence-electron chi connectivity index (χ1n) is 7.55. The number of nitrogens with zero attached hydrogens (tertiary/aromatic N) is 1. The molecule has 2 aliphatic rings. The lowest BCUT2D eigenvalue weighted by molar-refractivity contribution is 0.123. The predicted molar refractivity (Wildman–Crippen MR) is 79.8 cm³/mol. The van der Waals surface area contributed by atoms with Crippen molar-refractivity contribution < 1.29 is 9.50 Å². The summed E-state index contributed by atoms with van der Waals surface area (Å²) >= 11 is 0. The minimum atomic E-state index is -0.298. The summed E-state index contributed by atoms with van der Waals surface area (Å²) in [4.78, 5) is 2.35. The van der Waals surface area contributed by atoms with Crippen LogP contribution in [-0.2, 0) is 6.54 Å². The van der Waals surface area contributed by atoms with Gasteiger partial charge < -0.3 is 10.8 Å². The van der Waals surface area contributed by atoms with Gasteiger partial charge in [-0.3, -0.25) is 4.90 Å². The van der Waals surface area contributed by atoms with E-state index >= 15 is 0 Å². The second-order valence-corrected chi connectivity index (χ2v) is 6.08. The van der Waals surface area contributed by atoms with E-state index in [9.17, 15) is 9.50 Å². The van der Waals surface area contributed by atoms with Crippen LogP contribution in [0.5, 0.6) is 0 Å². The Morgan fingerprint density at radius 2 is 2.19 bits per heavy atom. The topological polar surface area (TPSA) is 49.5 Å². The number of hydrogen-bond acceptors (Lipinski definition) is 3. The molecule has 3 N–H and O–H groups in total. The molecule has 21 heavy (non-hydrogen) atoms. The molecule has 1 aromatic rings. The third-order valence-corrected chi connectivity index (χ3v) is 4.66. The van der Waals surface area contributed by atoms with E-state index < -0.39 is 0 Å². The molecular formula is C17H21FN2O. The van der Waals surface area contributed by atoms with Gasteiger partial charge >= 0.3 is 0 Å². The number of fused-ring (bicyclic) bond motifs is 1. The summed E-state index contributed by atoms with van der Waals surface area (Å²) in [7, 11) is 0. The minimum Gasteiger partial charge on any atom is -0.393 e. The highest BCUT2D eigenvalue weighted by atomic mass is 19.1. The van der Waals surface area contributed by atoms with E-state index in [1.807, 2.05) is 12.1 Å². The maximum Gasteiger partial charge on any atom is 0.138 e. The Bertz CT molecular complexity index is 578. The van der Waals surface area contributed by atoms with Crippen molar-refractivity contribution in [3.8, 4) is 11.8 Å². The van der Waals surface area contributed by atoms with Crippen molar-refractivity contribution in [1.82, 2.24) is 4.90 Å². The average Bonchev–Trinajstić information content (AvgIpc) is 3.02. The number of nitrogens with two attached hydrogens (primary N) is 1. The third kappa shape index (κ3) is 3.11. The molecule has 1 saturated carbocycles. The molecule has 3 atom stereocenters. The van der Waals surface area contributed by atoms with Crippen LogP contribution in [0.1, 0.15) is 24.0 Å². The maximum absolute atomic E-state index is 13.7. The molecule has 2 fully saturated rings. The molecule has 112 valence electrons. The highest BCUT2D eigenvalue weighted by Crippen LogP contribution is 2.38. The zero-order valence-corrected chi connectivity index (χ0v) is 12.1. The Kier molecular flexibility index (Phi) is 4.25. The van der Waals surface area contributed by atoms with E-state index in [2.05, 4.69) is 16.7 Å². The highest BCUT2D eigenvalue weighted by Gasteiger charge is 2.41. The molecule has 1 aliphatic heterocycles. The van der Waals surface area contributed by atoms with Crippen LogP contribution in [0.4, 0.5) is 4.39 Å². The van der Waals surface area contributed by atoms with Crippen molar-refractivity contribution in [3.05, 3.63) is 35.1 Å². The zero-order chi connectivity index (χ0) is 14.8. The van der Waals surface area contributed by atoms with Crippen molar-refractivity contribution in [1.29, 1.82) is 0 Å². The molecule has 0 spiro atoms. The Balaban J connectivity index is 1.68. The van der Waals surface area contributed by atoms with Gasteiger partial charge in [0.2, 0.25) is 0 Å². The highest BCUT2D eigenvalue weighted by molar-refractivity contribution is 5.38. The average molecular weight is 288 g/mol. The van der Waals surface area contributed by atoms with Gasteiger partial charge in [0.25, 0.3) is 0 Å². The number of hydrogen-bond donors (Lipinski definition) is 2. The van der Waals surface area contributed by atoms with E-state index in [0.717, 1.165) is 38.0 Å². The Hall–Kier alpha value is -1.41. The summed E-state index contributed by atoms with van der Waals surface area (Å²) in [6, 6.07) is 5.09. The lowest BCUT2D eigenvalue weighted by atomic mass is 10.00. The molecule has 1 saturated heterocycles. The number of aliphatic hydroxyl groups is 1. The monoisotopic (exact) mass is 288 g/mol. The van der Waals surface area contributed by atoms with Crippen LogP contribution in [0.2, 0.25) is 0 Å². The molecule has 0 bridgehead atoms. The smallest absolute Gasteiger partial charge is 0.138 e. The van der Waals surface area contributed by atoms with Crippen LogP contribution in [0.25, 0.3) is 0 Å². The van der Waals surface area contributed by atoms with Gasteiger partial charge in [-0.15, -0.1) is 0 Å². The van der Waals surface area contributed by atoms with E-state index in [0.29, 0.717) is 17.4 Å². The lowest BCUT2D eigenvalue weighted by Crippen LogP contribution is -2.24. The summed E-state index contributed by atoms with van der Waals surface area (Å²) in [6.45, 7) is 2.99. The van der Waals surface area contributed by atoms with Crippen LogP contribution in [0.3, 0.4) is 0 Å². The van der Waals surface area contributed by atoms with Crippen LogP contribution >= 0.6 is 0 Å². The van der Waals surface area contributed by atoms with E-state index in [4.69, 9.17) is 5.73 Å². The summed E-state index contributed by atoms with van der Waals surface area (Å²) in [5.41, 5.74) is 6.81. The number of halogens is 1. The van der Waals surface area contributed by atoms with Gasteiger partial charge in [-0.25, -0.2) is 4.39 Å². The van der Waals surface area contributed by atoms with Gasteiger partial charge in [0.15, 0.2) is 0 Å². The van der Waals surface area contributed by atoms with Crippen molar-refractivity contribution in [2.75, 3.05) is 19.6 Å². The fourth-order valence-electron chi connectivity index (χ4n) is 3.63. The number of rotatable bonds is 2. The molecule has 3 nitrogen and oxygen atoms in total. The Morgan fingerprint density at radius 3 is 2.95 bits per heavy atom. The normalized spacial score (nSPS) is 28.2. The van der Waals surface area contributed by atoms with Crippen molar-refractivity contribution in [2.45, 2.75) is 25.5 Å².